The molecule has 29 heavy (non-hydrogen) atoms. The summed E-state index contributed by atoms with van der Waals surface area (Å²) in [5.74, 6) is -1.36. The third-order valence-electron chi connectivity index (χ3n) is 4.15. The van der Waals surface area contributed by atoms with Crippen LogP contribution in [0.1, 0.15) is 31.8 Å². The molecule has 0 fully saturated rings. The Labute approximate surface area is 168 Å². The molecular weight excluding hydrogens is 372 g/mol. The van der Waals surface area contributed by atoms with Gasteiger partial charge in [-0.2, -0.15) is 0 Å². The Kier molecular flexibility index (Phi) is 6.51. The van der Waals surface area contributed by atoms with Crippen molar-refractivity contribution >= 4 is 34.8 Å². The van der Waals surface area contributed by atoms with E-state index >= 15 is 0 Å². The molecule has 8 nitrogen and oxygen atoms in total. The number of nitrogens with two attached hydrogens (primary N) is 2. The van der Waals surface area contributed by atoms with E-state index in [2.05, 4.69) is 4.74 Å². The molecule has 0 spiro atoms. The summed E-state index contributed by atoms with van der Waals surface area (Å²) in [6.07, 6.45) is 1.12. The maximum Gasteiger partial charge on any atom is 0.337 e. The highest BCUT2D eigenvalue weighted by Gasteiger charge is 2.16. The topological polar surface area (TPSA) is 140 Å². The van der Waals surface area contributed by atoms with Gasteiger partial charge in [0, 0.05) is 42.7 Å². The predicted molar refractivity (Wildman–Crippen MR) is 111 cm³/mol. The number of anilines is 1. The molecule has 0 heterocycles. The van der Waals surface area contributed by atoms with Crippen LogP contribution in [0.2, 0.25) is 0 Å². The minimum Gasteiger partial charge on any atom is -0.465 e. The van der Waals surface area contributed by atoms with E-state index in [9.17, 15) is 14.4 Å². The largest absolute Gasteiger partial charge is 0.465 e. The second kappa shape index (κ2) is 8.83. The molecule has 0 aliphatic carbocycles. The Bertz CT molecular complexity index is 1010. The van der Waals surface area contributed by atoms with Crippen LogP contribution in [-0.2, 0) is 9.53 Å². The lowest BCUT2D eigenvalue weighted by Crippen LogP contribution is -2.21. The molecule has 1 amide bonds. The van der Waals surface area contributed by atoms with Crippen LogP contribution in [0.25, 0.3) is 5.70 Å². The first-order valence-corrected chi connectivity index (χ1v) is 8.56. The standard InChI is InChI=1S/C21H22N4O4/c1-25(2)20(27)13-6-4-12(5-7-13)16(22)11-18(26)19(24)15-9-8-14(10-17(15)23)21(28)29-3/h4-11,24H,22-23H2,1-3H3. The fourth-order valence-corrected chi connectivity index (χ4v) is 2.53. The zero-order valence-corrected chi connectivity index (χ0v) is 16.4. The minimum atomic E-state index is -0.645. The molecular formula is C21H22N4O4. The zero-order valence-electron chi connectivity index (χ0n) is 16.4. The van der Waals surface area contributed by atoms with E-state index in [1.54, 1.807) is 38.4 Å². The maximum atomic E-state index is 12.4. The van der Waals surface area contributed by atoms with E-state index in [0.717, 1.165) is 6.08 Å². The van der Waals surface area contributed by atoms with Gasteiger partial charge < -0.3 is 21.1 Å². The number of rotatable bonds is 6. The van der Waals surface area contributed by atoms with E-state index in [1.165, 1.54) is 30.2 Å². The van der Waals surface area contributed by atoms with Crippen molar-refractivity contribution in [2.24, 2.45) is 5.73 Å². The summed E-state index contributed by atoms with van der Waals surface area (Å²) in [5, 5.41) is 8.10. The van der Waals surface area contributed by atoms with E-state index in [-0.39, 0.29) is 34.1 Å². The molecule has 2 rings (SSSR count). The van der Waals surface area contributed by atoms with Gasteiger partial charge in [-0.05, 0) is 35.9 Å². The normalized spacial score (nSPS) is 10.9. The monoisotopic (exact) mass is 394 g/mol. The van der Waals surface area contributed by atoms with E-state index in [0.29, 0.717) is 11.1 Å². The fraction of sp³-hybridized carbons (Fsp3) is 0.143. The van der Waals surface area contributed by atoms with Gasteiger partial charge in [0.1, 0.15) is 5.71 Å². The lowest BCUT2D eigenvalue weighted by atomic mass is 10.0. The van der Waals surface area contributed by atoms with Crippen molar-refractivity contribution in [2.45, 2.75) is 0 Å². The highest BCUT2D eigenvalue weighted by atomic mass is 16.5. The average molecular weight is 394 g/mol. The number of methoxy groups -OCH3 is 1. The highest BCUT2D eigenvalue weighted by Crippen LogP contribution is 2.18. The molecule has 0 unspecified atom stereocenters. The van der Waals surface area contributed by atoms with Crippen LogP contribution in [0, 0.1) is 5.41 Å². The van der Waals surface area contributed by atoms with Crippen molar-refractivity contribution in [3.63, 3.8) is 0 Å². The van der Waals surface area contributed by atoms with Crippen molar-refractivity contribution in [2.75, 3.05) is 26.9 Å². The van der Waals surface area contributed by atoms with Crippen LogP contribution in [0.15, 0.2) is 48.5 Å². The molecule has 0 bridgehead atoms. The van der Waals surface area contributed by atoms with Crippen LogP contribution in [0.5, 0.6) is 0 Å². The van der Waals surface area contributed by atoms with Gasteiger partial charge in [-0.3, -0.25) is 15.0 Å². The fourth-order valence-electron chi connectivity index (χ4n) is 2.53. The lowest BCUT2D eigenvalue weighted by Gasteiger charge is -2.11. The van der Waals surface area contributed by atoms with Crippen LogP contribution in [-0.4, -0.2) is 49.5 Å². The number of allylic oxidation sites excluding steroid dienone is 1. The van der Waals surface area contributed by atoms with Crippen molar-refractivity contribution in [3.8, 4) is 0 Å². The summed E-state index contributed by atoms with van der Waals surface area (Å²) >= 11 is 0. The number of nitrogens with zero attached hydrogens (tertiary/aromatic N) is 1. The Morgan fingerprint density at radius 3 is 2.07 bits per heavy atom. The summed E-state index contributed by atoms with van der Waals surface area (Å²) in [7, 11) is 4.55. The van der Waals surface area contributed by atoms with Crippen molar-refractivity contribution in [1.29, 1.82) is 5.41 Å². The SMILES string of the molecule is COC(=O)c1ccc(C(=N)C(=O)C=C(N)c2ccc(C(=O)N(C)C)cc2)c(N)c1. The zero-order chi connectivity index (χ0) is 21.7. The van der Waals surface area contributed by atoms with Gasteiger partial charge in [0.05, 0.1) is 12.7 Å². The number of hydrogen-bond acceptors (Lipinski definition) is 7. The van der Waals surface area contributed by atoms with Gasteiger partial charge in [0.25, 0.3) is 5.91 Å². The van der Waals surface area contributed by atoms with Gasteiger partial charge in [-0.25, -0.2) is 4.79 Å². The van der Waals surface area contributed by atoms with Crippen LogP contribution in [0.4, 0.5) is 5.69 Å². The number of carbonyl (C=O) groups excluding carboxylic acids is 3. The second-order valence-electron chi connectivity index (χ2n) is 6.41. The molecule has 8 heteroatoms. The highest BCUT2D eigenvalue weighted by molar-refractivity contribution is 6.50. The quantitative estimate of drug-likeness (QED) is 0.295. The smallest absolute Gasteiger partial charge is 0.337 e. The summed E-state index contributed by atoms with van der Waals surface area (Å²) in [4.78, 5) is 37.3. The molecule has 0 atom stereocenters. The van der Waals surface area contributed by atoms with Gasteiger partial charge in [0.2, 0.25) is 5.78 Å². The number of benzene rings is 2. The number of hydrogen-bond donors (Lipinski definition) is 3. The van der Waals surface area contributed by atoms with Gasteiger partial charge in [-0.1, -0.05) is 12.1 Å². The number of amides is 1. The lowest BCUT2D eigenvalue weighted by molar-refractivity contribution is -0.108. The first-order chi connectivity index (χ1) is 13.6. The van der Waals surface area contributed by atoms with Gasteiger partial charge in [-0.15, -0.1) is 0 Å². The van der Waals surface area contributed by atoms with Gasteiger partial charge in [0.15, 0.2) is 0 Å². The summed E-state index contributed by atoms with van der Waals surface area (Å²) in [5.41, 5.74) is 13.2. The van der Waals surface area contributed by atoms with Crippen molar-refractivity contribution in [3.05, 3.63) is 70.8 Å². The Morgan fingerprint density at radius 2 is 1.55 bits per heavy atom. The summed E-state index contributed by atoms with van der Waals surface area (Å²) in [6.45, 7) is 0. The van der Waals surface area contributed by atoms with E-state index in [4.69, 9.17) is 16.9 Å². The molecule has 2 aromatic carbocycles. The van der Waals surface area contributed by atoms with Crippen LogP contribution >= 0.6 is 0 Å². The molecule has 150 valence electrons. The summed E-state index contributed by atoms with van der Waals surface area (Å²) < 4.78 is 4.61. The minimum absolute atomic E-state index is 0.102. The molecule has 0 aromatic heterocycles. The molecule has 0 aliphatic heterocycles. The predicted octanol–water partition coefficient (Wildman–Crippen LogP) is 1.69. The third-order valence-corrected chi connectivity index (χ3v) is 4.15. The number of carbonyl (C=O) groups is 3. The number of ketones is 1. The van der Waals surface area contributed by atoms with Gasteiger partial charge >= 0.3 is 5.97 Å². The second-order valence-corrected chi connectivity index (χ2v) is 6.41. The number of esters is 1. The van der Waals surface area contributed by atoms with E-state index < -0.39 is 11.8 Å². The third kappa shape index (κ3) is 4.86. The molecule has 5 N–H and O–H groups in total. The Balaban J connectivity index is 2.21. The van der Waals surface area contributed by atoms with Crippen LogP contribution < -0.4 is 11.5 Å². The number of ether oxygens (including phenoxy) is 1. The summed E-state index contributed by atoms with van der Waals surface area (Å²) in [6, 6.07) is 10.6. The van der Waals surface area contributed by atoms with E-state index in [1.807, 2.05) is 0 Å². The van der Waals surface area contributed by atoms with Crippen molar-refractivity contribution < 1.29 is 19.1 Å². The first-order valence-electron chi connectivity index (χ1n) is 8.56. The maximum absolute atomic E-state index is 12.4. The Morgan fingerprint density at radius 1 is 1.00 bits per heavy atom. The Hall–Kier alpha value is -3.94. The number of nitrogen functional groups attached to an aromatic ring is 1. The average Bonchev–Trinajstić information content (AvgIpc) is 2.71. The first kappa shape index (κ1) is 21.4. The molecule has 0 aliphatic rings. The molecule has 0 saturated carbocycles. The van der Waals surface area contributed by atoms with Crippen molar-refractivity contribution in [1.82, 2.24) is 4.90 Å². The molecule has 0 saturated heterocycles. The molecule has 0 radical (unpaired) electrons. The van der Waals surface area contributed by atoms with Crippen LogP contribution in [0.3, 0.4) is 0 Å². The molecule has 2 aromatic rings. The number of nitrogens with one attached hydrogen (secondary N) is 1.